The Kier molecular flexibility index (Phi) is 4.37. The average Bonchev–Trinajstić information content (AvgIpc) is 2.58. The number of ether oxygens (including phenoxy) is 1. The zero-order valence-electron chi connectivity index (χ0n) is 12.9. The maximum absolute atomic E-state index is 12.4. The highest BCUT2D eigenvalue weighted by Crippen LogP contribution is 2.36. The number of nitrogens with one attached hydrogen (secondary N) is 1. The first kappa shape index (κ1) is 15.2. The Labute approximate surface area is 134 Å². The standard InChI is InChI=1S/C18H18N2O3/c1-23-18(22)13-9-10-19-16(11-13)17(21)20-15-8-7-14(15)12-5-3-2-4-6-12/h2-6,9-11,14-15H,7-8H2,1H3,(H,20,21)/t14-,15-/m1/s1. The lowest BCUT2D eigenvalue weighted by Gasteiger charge is -2.37. The van der Waals surface area contributed by atoms with Gasteiger partial charge in [0.2, 0.25) is 0 Å². The molecule has 5 nitrogen and oxygen atoms in total. The van der Waals surface area contributed by atoms with E-state index in [1.807, 2.05) is 18.2 Å². The molecule has 2 aromatic rings. The van der Waals surface area contributed by atoms with E-state index < -0.39 is 5.97 Å². The Morgan fingerprint density at radius 1 is 1.17 bits per heavy atom. The lowest BCUT2D eigenvalue weighted by molar-refractivity contribution is 0.0600. The molecule has 118 valence electrons. The molecule has 1 N–H and O–H groups in total. The Hall–Kier alpha value is -2.69. The molecule has 1 saturated carbocycles. The lowest BCUT2D eigenvalue weighted by Crippen LogP contribution is -2.45. The zero-order chi connectivity index (χ0) is 16.2. The molecular weight excluding hydrogens is 292 g/mol. The van der Waals surface area contributed by atoms with E-state index in [0.717, 1.165) is 12.8 Å². The molecule has 0 unspecified atom stereocenters. The van der Waals surface area contributed by atoms with E-state index in [2.05, 4.69) is 27.2 Å². The predicted octanol–water partition coefficient (Wildman–Crippen LogP) is 2.54. The number of carbonyl (C=O) groups is 2. The summed E-state index contributed by atoms with van der Waals surface area (Å²) in [5, 5.41) is 3.01. The van der Waals surface area contributed by atoms with E-state index in [1.165, 1.54) is 31.0 Å². The van der Waals surface area contributed by atoms with E-state index in [1.54, 1.807) is 0 Å². The van der Waals surface area contributed by atoms with Crippen LogP contribution in [0, 0.1) is 0 Å². The van der Waals surface area contributed by atoms with Crippen LogP contribution >= 0.6 is 0 Å². The third-order valence-electron chi connectivity index (χ3n) is 4.23. The summed E-state index contributed by atoms with van der Waals surface area (Å²) in [6.45, 7) is 0. The van der Waals surface area contributed by atoms with Gasteiger partial charge in [0.15, 0.2) is 0 Å². The molecule has 0 bridgehead atoms. The smallest absolute Gasteiger partial charge is 0.337 e. The topological polar surface area (TPSA) is 68.3 Å². The molecule has 1 fully saturated rings. The molecule has 0 spiro atoms. The minimum absolute atomic E-state index is 0.105. The van der Waals surface area contributed by atoms with Crippen LogP contribution in [0.4, 0.5) is 0 Å². The monoisotopic (exact) mass is 310 g/mol. The maximum Gasteiger partial charge on any atom is 0.337 e. The van der Waals surface area contributed by atoms with Gasteiger partial charge < -0.3 is 10.1 Å². The van der Waals surface area contributed by atoms with E-state index in [4.69, 9.17) is 0 Å². The van der Waals surface area contributed by atoms with Gasteiger partial charge in [-0.1, -0.05) is 30.3 Å². The van der Waals surface area contributed by atoms with Crippen molar-refractivity contribution >= 4 is 11.9 Å². The zero-order valence-corrected chi connectivity index (χ0v) is 12.9. The van der Waals surface area contributed by atoms with Crippen molar-refractivity contribution in [3.05, 3.63) is 65.5 Å². The number of benzene rings is 1. The number of amides is 1. The van der Waals surface area contributed by atoms with Crippen LogP contribution in [0.3, 0.4) is 0 Å². The van der Waals surface area contributed by atoms with Crippen molar-refractivity contribution in [3.8, 4) is 0 Å². The van der Waals surface area contributed by atoms with Crippen molar-refractivity contribution in [1.29, 1.82) is 0 Å². The first-order chi connectivity index (χ1) is 11.2. The van der Waals surface area contributed by atoms with Crippen molar-refractivity contribution in [2.24, 2.45) is 0 Å². The van der Waals surface area contributed by atoms with E-state index in [-0.39, 0.29) is 17.6 Å². The maximum atomic E-state index is 12.4. The third-order valence-corrected chi connectivity index (χ3v) is 4.23. The number of rotatable bonds is 4. The van der Waals surface area contributed by atoms with E-state index in [0.29, 0.717) is 11.5 Å². The normalized spacial score (nSPS) is 19.5. The van der Waals surface area contributed by atoms with Crippen LogP contribution in [0.1, 0.15) is 45.2 Å². The van der Waals surface area contributed by atoms with Gasteiger partial charge in [-0.15, -0.1) is 0 Å². The number of hydrogen-bond donors (Lipinski definition) is 1. The Morgan fingerprint density at radius 2 is 1.96 bits per heavy atom. The Bertz CT molecular complexity index is 715. The SMILES string of the molecule is COC(=O)c1ccnc(C(=O)N[C@@H]2CC[C@@H]2c2ccccc2)c1. The molecule has 0 radical (unpaired) electrons. The number of methoxy groups -OCH3 is 1. The molecule has 0 saturated heterocycles. The van der Waals surface area contributed by atoms with Gasteiger partial charge in [-0.05, 0) is 30.5 Å². The molecule has 0 aliphatic heterocycles. The van der Waals surface area contributed by atoms with Gasteiger partial charge in [-0.2, -0.15) is 0 Å². The number of pyridine rings is 1. The van der Waals surface area contributed by atoms with Crippen molar-refractivity contribution in [3.63, 3.8) is 0 Å². The average molecular weight is 310 g/mol. The largest absolute Gasteiger partial charge is 0.465 e. The molecule has 1 aromatic carbocycles. The fourth-order valence-corrected chi connectivity index (χ4v) is 2.81. The quantitative estimate of drug-likeness (QED) is 0.881. The number of aromatic nitrogens is 1. The molecule has 1 aromatic heterocycles. The minimum atomic E-state index is -0.479. The molecule has 1 heterocycles. The summed E-state index contributed by atoms with van der Waals surface area (Å²) < 4.78 is 4.66. The predicted molar refractivity (Wildman–Crippen MR) is 85.2 cm³/mol. The van der Waals surface area contributed by atoms with Gasteiger partial charge in [0, 0.05) is 18.2 Å². The van der Waals surface area contributed by atoms with Crippen LogP contribution in [0.15, 0.2) is 48.7 Å². The summed E-state index contributed by atoms with van der Waals surface area (Å²) in [6.07, 6.45) is 3.45. The van der Waals surface area contributed by atoms with Crippen LogP contribution in [0.2, 0.25) is 0 Å². The van der Waals surface area contributed by atoms with Crippen LogP contribution in [0.25, 0.3) is 0 Å². The summed E-state index contributed by atoms with van der Waals surface area (Å²) in [5.41, 5.74) is 1.79. The van der Waals surface area contributed by atoms with E-state index >= 15 is 0 Å². The lowest BCUT2D eigenvalue weighted by atomic mass is 9.75. The van der Waals surface area contributed by atoms with Crippen LogP contribution in [0.5, 0.6) is 0 Å². The highest BCUT2D eigenvalue weighted by molar-refractivity contribution is 5.96. The van der Waals surface area contributed by atoms with E-state index in [9.17, 15) is 9.59 Å². The van der Waals surface area contributed by atoms with Crippen molar-refractivity contribution in [2.75, 3.05) is 7.11 Å². The number of esters is 1. The van der Waals surface area contributed by atoms with Gasteiger partial charge in [0.25, 0.3) is 5.91 Å². The second kappa shape index (κ2) is 6.60. The molecule has 1 aliphatic carbocycles. The van der Waals surface area contributed by atoms with Gasteiger partial charge in [-0.3, -0.25) is 9.78 Å². The highest BCUT2D eigenvalue weighted by Gasteiger charge is 2.33. The second-order valence-electron chi connectivity index (χ2n) is 5.60. The van der Waals surface area contributed by atoms with Gasteiger partial charge in [-0.25, -0.2) is 4.79 Å². The first-order valence-corrected chi connectivity index (χ1v) is 7.59. The van der Waals surface area contributed by atoms with Crippen LogP contribution in [-0.2, 0) is 4.74 Å². The molecule has 23 heavy (non-hydrogen) atoms. The van der Waals surface area contributed by atoms with Crippen LogP contribution < -0.4 is 5.32 Å². The van der Waals surface area contributed by atoms with Gasteiger partial charge in [0.1, 0.15) is 5.69 Å². The fourth-order valence-electron chi connectivity index (χ4n) is 2.81. The summed E-state index contributed by atoms with van der Waals surface area (Å²) in [7, 11) is 1.31. The molecule has 5 heteroatoms. The van der Waals surface area contributed by atoms with Gasteiger partial charge >= 0.3 is 5.97 Å². The van der Waals surface area contributed by atoms with Crippen molar-refractivity contribution in [1.82, 2.24) is 10.3 Å². The summed E-state index contributed by atoms with van der Waals surface area (Å²) >= 11 is 0. The minimum Gasteiger partial charge on any atom is -0.465 e. The molecular formula is C18H18N2O3. The van der Waals surface area contributed by atoms with Gasteiger partial charge in [0.05, 0.1) is 12.7 Å². The number of carbonyl (C=O) groups excluding carboxylic acids is 2. The third kappa shape index (κ3) is 3.23. The van der Waals surface area contributed by atoms with Crippen LogP contribution in [-0.4, -0.2) is 30.0 Å². The van der Waals surface area contributed by atoms with Crippen molar-refractivity contribution < 1.29 is 14.3 Å². The molecule has 1 aliphatic rings. The Balaban J connectivity index is 1.69. The summed E-state index contributed by atoms with van der Waals surface area (Å²) in [4.78, 5) is 27.9. The first-order valence-electron chi connectivity index (χ1n) is 7.59. The fraction of sp³-hybridized carbons (Fsp3) is 0.278. The highest BCUT2D eigenvalue weighted by atomic mass is 16.5. The Morgan fingerprint density at radius 3 is 2.61 bits per heavy atom. The summed E-state index contributed by atoms with van der Waals surface area (Å²) in [5.74, 6) is -0.405. The van der Waals surface area contributed by atoms with Crippen molar-refractivity contribution in [2.45, 2.75) is 24.8 Å². The molecule has 1 amide bonds. The molecule has 2 atom stereocenters. The number of nitrogens with zero attached hydrogens (tertiary/aromatic N) is 1. The summed E-state index contributed by atoms with van der Waals surface area (Å²) in [6, 6.07) is 13.3. The number of hydrogen-bond acceptors (Lipinski definition) is 4. The second-order valence-corrected chi connectivity index (χ2v) is 5.60. The molecule has 3 rings (SSSR count).